The summed E-state index contributed by atoms with van der Waals surface area (Å²) in [5.74, 6) is 0.645. The molecule has 2 N–H and O–H groups in total. The molecule has 0 atom stereocenters. The van der Waals surface area contributed by atoms with Crippen LogP contribution in [0.5, 0.6) is 5.75 Å². The molecule has 0 aliphatic rings. The fourth-order valence-electron chi connectivity index (χ4n) is 1.74. The Hall–Kier alpha value is -1.59. The van der Waals surface area contributed by atoms with E-state index >= 15 is 0 Å². The lowest BCUT2D eigenvalue weighted by atomic mass is 10.2. The molecule has 1 rings (SSSR count). The second kappa shape index (κ2) is 9.34. The lowest BCUT2D eigenvalue weighted by Gasteiger charge is -2.20. The molecular weight excluding hydrogens is 256 g/mol. The summed E-state index contributed by atoms with van der Waals surface area (Å²) in [5.41, 5.74) is 6.56. The van der Waals surface area contributed by atoms with E-state index in [0.717, 1.165) is 5.56 Å². The van der Waals surface area contributed by atoms with Crippen LogP contribution >= 0.6 is 0 Å². The number of carbonyl (C=O) groups is 1. The lowest BCUT2D eigenvalue weighted by molar-refractivity contribution is -0.133. The fourth-order valence-corrected chi connectivity index (χ4v) is 1.74. The molecule has 1 aromatic rings. The van der Waals surface area contributed by atoms with Crippen molar-refractivity contribution >= 4 is 5.91 Å². The lowest BCUT2D eigenvalue weighted by Crippen LogP contribution is -2.37. The molecule has 0 heterocycles. The summed E-state index contributed by atoms with van der Waals surface area (Å²) in [7, 11) is 0. The van der Waals surface area contributed by atoms with Gasteiger partial charge in [-0.1, -0.05) is 12.1 Å². The maximum atomic E-state index is 12.0. The van der Waals surface area contributed by atoms with Crippen molar-refractivity contribution in [3.05, 3.63) is 29.8 Å². The number of benzene rings is 1. The van der Waals surface area contributed by atoms with Gasteiger partial charge >= 0.3 is 0 Å². The summed E-state index contributed by atoms with van der Waals surface area (Å²) in [6, 6.07) is 7.44. The number of nitrogens with zero attached hydrogens (tertiary/aromatic N) is 1. The van der Waals surface area contributed by atoms with Gasteiger partial charge in [0.25, 0.3) is 5.91 Å². The zero-order valence-electron chi connectivity index (χ0n) is 12.3. The molecule has 112 valence electrons. The highest BCUT2D eigenvalue weighted by Gasteiger charge is 2.11. The number of amides is 1. The van der Waals surface area contributed by atoms with Gasteiger partial charge in [-0.2, -0.15) is 0 Å². The van der Waals surface area contributed by atoms with E-state index in [4.69, 9.17) is 15.2 Å². The summed E-state index contributed by atoms with van der Waals surface area (Å²) in [6.45, 7) is 6.89. The summed E-state index contributed by atoms with van der Waals surface area (Å²) >= 11 is 0. The third kappa shape index (κ3) is 5.59. The van der Waals surface area contributed by atoms with Crippen LogP contribution in [0.25, 0.3) is 0 Å². The third-order valence-corrected chi connectivity index (χ3v) is 2.97. The maximum absolute atomic E-state index is 12.0. The number of carbonyl (C=O) groups excluding carboxylic acids is 1. The smallest absolute Gasteiger partial charge is 0.260 e. The van der Waals surface area contributed by atoms with Gasteiger partial charge in [0, 0.05) is 26.2 Å². The Morgan fingerprint density at radius 2 is 1.95 bits per heavy atom. The first-order chi connectivity index (χ1) is 9.71. The van der Waals surface area contributed by atoms with Crippen LogP contribution in [-0.4, -0.2) is 43.7 Å². The minimum atomic E-state index is -0.0323. The monoisotopic (exact) mass is 280 g/mol. The third-order valence-electron chi connectivity index (χ3n) is 2.97. The highest BCUT2D eigenvalue weighted by molar-refractivity contribution is 5.77. The van der Waals surface area contributed by atoms with E-state index in [1.165, 1.54) is 0 Å². The normalized spacial score (nSPS) is 10.3. The number of hydrogen-bond donors (Lipinski definition) is 1. The summed E-state index contributed by atoms with van der Waals surface area (Å²) < 4.78 is 10.7. The van der Waals surface area contributed by atoms with Crippen molar-refractivity contribution in [3.8, 4) is 5.75 Å². The summed E-state index contributed by atoms with van der Waals surface area (Å²) in [6.07, 6.45) is 0. The molecule has 0 aliphatic heterocycles. The minimum Gasteiger partial charge on any atom is -0.484 e. The number of likely N-dealkylation sites (N-methyl/N-ethyl adjacent to an activating group) is 1. The predicted molar refractivity (Wildman–Crippen MR) is 78.6 cm³/mol. The first-order valence-electron chi connectivity index (χ1n) is 6.98. The first-order valence-corrected chi connectivity index (χ1v) is 6.98. The van der Waals surface area contributed by atoms with Crippen molar-refractivity contribution in [2.45, 2.75) is 20.4 Å². The van der Waals surface area contributed by atoms with E-state index in [1.807, 2.05) is 38.1 Å². The Balaban J connectivity index is 2.39. The van der Waals surface area contributed by atoms with Gasteiger partial charge in [-0.25, -0.2) is 0 Å². The molecule has 1 amide bonds. The molecule has 0 saturated carbocycles. The van der Waals surface area contributed by atoms with E-state index in [-0.39, 0.29) is 12.5 Å². The van der Waals surface area contributed by atoms with Crippen molar-refractivity contribution < 1.29 is 14.3 Å². The van der Waals surface area contributed by atoms with E-state index < -0.39 is 0 Å². The Morgan fingerprint density at radius 3 is 2.50 bits per heavy atom. The van der Waals surface area contributed by atoms with Crippen LogP contribution < -0.4 is 10.5 Å². The molecule has 0 saturated heterocycles. The number of hydrogen-bond acceptors (Lipinski definition) is 4. The molecule has 0 radical (unpaired) electrons. The molecule has 0 spiro atoms. The van der Waals surface area contributed by atoms with E-state index in [1.54, 1.807) is 4.90 Å². The van der Waals surface area contributed by atoms with E-state index in [0.29, 0.717) is 38.6 Å². The van der Waals surface area contributed by atoms with Crippen molar-refractivity contribution in [1.29, 1.82) is 0 Å². The summed E-state index contributed by atoms with van der Waals surface area (Å²) in [5, 5.41) is 0. The van der Waals surface area contributed by atoms with Gasteiger partial charge in [-0.3, -0.25) is 4.79 Å². The van der Waals surface area contributed by atoms with Crippen LogP contribution in [-0.2, 0) is 16.1 Å². The maximum Gasteiger partial charge on any atom is 0.260 e. The van der Waals surface area contributed by atoms with Crippen molar-refractivity contribution in [2.75, 3.05) is 32.9 Å². The highest BCUT2D eigenvalue weighted by atomic mass is 16.5. The largest absolute Gasteiger partial charge is 0.484 e. The molecule has 5 nitrogen and oxygen atoms in total. The minimum absolute atomic E-state index is 0.0323. The molecule has 0 unspecified atom stereocenters. The molecule has 0 aliphatic carbocycles. The topological polar surface area (TPSA) is 64.8 Å². The van der Waals surface area contributed by atoms with Gasteiger partial charge in [-0.05, 0) is 31.5 Å². The molecule has 0 aromatic heterocycles. The first kappa shape index (κ1) is 16.5. The van der Waals surface area contributed by atoms with Gasteiger partial charge in [0.2, 0.25) is 0 Å². The predicted octanol–water partition coefficient (Wildman–Crippen LogP) is 1.41. The SMILES string of the molecule is CCOCCN(CC)C(=O)COc1ccc(CN)cc1. The Morgan fingerprint density at radius 1 is 1.25 bits per heavy atom. The number of rotatable bonds is 9. The fraction of sp³-hybridized carbons (Fsp3) is 0.533. The second-order valence-corrected chi connectivity index (χ2v) is 4.31. The Bertz CT molecular complexity index is 393. The van der Waals surface area contributed by atoms with Gasteiger partial charge in [0.15, 0.2) is 6.61 Å². The number of ether oxygens (including phenoxy) is 2. The van der Waals surface area contributed by atoms with Crippen LogP contribution in [0.1, 0.15) is 19.4 Å². The van der Waals surface area contributed by atoms with Crippen LogP contribution in [0.3, 0.4) is 0 Å². The average molecular weight is 280 g/mol. The molecule has 0 bridgehead atoms. The quantitative estimate of drug-likeness (QED) is 0.695. The van der Waals surface area contributed by atoms with Crippen LogP contribution in [0.2, 0.25) is 0 Å². The van der Waals surface area contributed by atoms with Crippen LogP contribution in [0.4, 0.5) is 0 Å². The highest BCUT2D eigenvalue weighted by Crippen LogP contribution is 2.11. The molecule has 5 heteroatoms. The van der Waals surface area contributed by atoms with Gasteiger partial charge in [0.1, 0.15) is 5.75 Å². The zero-order valence-corrected chi connectivity index (χ0v) is 12.3. The van der Waals surface area contributed by atoms with Gasteiger partial charge < -0.3 is 20.1 Å². The van der Waals surface area contributed by atoms with Crippen LogP contribution in [0, 0.1) is 0 Å². The molecule has 0 fully saturated rings. The van der Waals surface area contributed by atoms with Crippen molar-refractivity contribution in [3.63, 3.8) is 0 Å². The summed E-state index contributed by atoms with van der Waals surface area (Å²) in [4.78, 5) is 13.7. The van der Waals surface area contributed by atoms with E-state index in [2.05, 4.69) is 0 Å². The zero-order chi connectivity index (χ0) is 14.8. The standard InChI is InChI=1S/C15H24N2O3/c1-3-17(9-10-19-4-2)15(18)12-20-14-7-5-13(11-16)6-8-14/h5-8H,3-4,9-12,16H2,1-2H3. The van der Waals surface area contributed by atoms with Crippen molar-refractivity contribution in [2.24, 2.45) is 5.73 Å². The molecule has 1 aromatic carbocycles. The Labute approximate surface area is 120 Å². The van der Waals surface area contributed by atoms with Gasteiger partial charge in [-0.15, -0.1) is 0 Å². The van der Waals surface area contributed by atoms with Crippen molar-refractivity contribution in [1.82, 2.24) is 4.90 Å². The molecule has 20 heavy (non-hydrogen) atoms. The second-order valence-electron chi connectivity index (χ2n) is 4.31. The van der Waals surface area contributed by atoms with E-state index in [9.17, 15) is 4.79 Å². The Kier molecular flexibility index (Phi) is 7.69. The number of nitrogens with two attached hydrogens (primary N) is 1. The van der Waals surface area contributed by atoms with Crippen LogP contribution in [0.15, 0.2) is 24.3 Å². The van der Waals surface area contributed by atoms with Gasteiger partial charge in [0.05, 0.1) is 6.61 Å². The average Bonchev–Trinajstić information content (AvgIpc) is 2.50. The molecular formula is C15H24N2O3.